The third kappa shape index (κ3) is 4.69. The van der Waals surface area contributed by atoms with Crippen LogP contribution in [0.1, 0.15) is 34.7 Å². The normalized spacial score (nSPS) is 14.5. The molecular weight excluding hydrogens is 462 g/mol. The average molecular weight is 480 g/mol. The number of hydrogen-bond acceptors (Lipinski definition) is 3. The maximum absolute atomic E-state index is 14.2. The Morgan fingerprint density at radius 1 is 1.00 bits per heavy atom. The molecule has 1 saturated heterocycles. The van der Waals surface area contributed by atoms with Gasteiger partial charge in [-0.25, -0.2) is 18.2 Å². The van der Waals surface area contributed by atoms with Gasteiger partial charge in [0, 0.05) is 25.4 Å². The van der Waals surface area contributed by atoms with E-state index >= 15 is 0 Å². The van der Waals surface area contributed by atoms with E-state index < -0.39 is 11.6 Å². The Morgan fingerprint density at radius 3 is 2.31 bits per heavy atom. The smallest absolute Gasteiger partial charge is 0.257 e. The Bertz CT molecular complexity index is 1150. The maximum Gasteiger partial charge on any atom is 0.257 e. The average Bonchev–Trinajstić information content (AvgIpc) is 2.79. The zero-order chi connectivity index (χ0) is 22.8. The van der Waals surface area contributed by atoms with E-state index in [4.69, 9.17) is 23.2 Å². The van der Waals surface area contributed by atoms with Gasteiger partial charge in [0.25, 0.3) is 5.91 Å². The van der Waals surface area contributed by atoms with Crippen LogP contribution in [-0.4, -0.2) is 28.9 Å². The van der Waals surface area contributed by atoms with Crippen molar-refractivity contribution < 1.29 is 18.0 Å². The quantitative estimate of drug-likeness (QED) is 0.430. The molecule has 1 aliphatic rings. The molecule has 32 heavy (non-hydrogen) atoms. The van der Waals surface area contributed by atoms with Crippen molar-refractivity contribution in [2.45, 2.75) is 18.8 Å². The van der Waals surface area contributed by atoms with Crippen molar-refractivity contribution in [3.8, 4) is 0 Å². The second-order valence-corrected chi connectivity index (χ2v) is 8.25. The minimum atomic E-state index is -0.840. The summed E-state index contributed by atoms with van der Waals surface area (Å²) >= 11 is 12.3. The number of carbonyl (C=O) groups is 1. The van der Waals surface area contributed by atoms with Crippen LogP contribution in [-0.2, 0) is 0 Å². The van der Waals surface area contributed by atoms with Crippen LogP contribution < -0.4 is 5.32 Å². The van der Waals surface area contributed by atoms with E-state index in [9.17, 15) is 18.0 Å². The number of nitrogens with one attached hydrogen (secondary N) is 1. The third-order valence-electron chi connectivity index (χ3n) is 5.52. The summed E-state index contributed by atoms with van der Waals surface area (Å²) in [6, 6.07) is 9.41. The van der Waals surface area contributed by atoms with Crippen LogP contribution in [0.2, 0.25) is 10.2 Å². The molecule has 3 aromatic rings. The van der Waals surface area contributed by atoms with E-state index in [1.165, 1.54) is 24.4 Å². The number of amides is 1. The molecule has 4 rings (SSSR count). The van der Waals surface area contributed by atoms with Gasteiger partial charge in [0.05, 0.1) is 16.9 Å². The van der Waals surface area contributed by atoms with Crippen molar-refractivity contribution in [1.82, 2.24) is 9.88 Å². The predicted molar refractivity (Wildman–Crippen MR) is 118 cm³/mol. The summed E-state index contributed by atoms with van der Waals surface area (Å²) in [6.45, 7) is 0.955. The summed E-state index contributed by atoms with van der Waals surface area (Å²) in [5.41, 5.74) is 1.20. The summed E-state index contributed by atoms with van der Waals surface area (Å²) in [5.74, 6) is -1.97. The van der Waals surface area contributed by atoms with Crippen molar-refractivity contribution in [3.63, 3.8) is 0 Å². The van der Waals surface area contributed by atoms with Crippen molar-refractivity contribution in [2.75, 3.05) is 18.4 Å². The Hall–Kier alpha value is -2.77. The molecule has 2 heterocycles. The first-order valence-corrected chi connectivity index (χ1v) is 10.7. The highest BCUT2D eigenvalue weighted by molar-refractivity contribution is 6.43. The number of halogens is 5. The summed E-state index contributed by atoms with van der Waals surface area (Å²) in [4.78, 5) is 18.9. The molecule has 4 nitrogen and oxygen atoms in total. The van der Waals surface area contributed by atoms with E-state index in [2.05, 4.69) is 10.3 Å². The van der Waals surface area contributed by atoms with Gasteiger partial charge in [-0.3, -0.25) is 4.79 Å². The van der Waals surface area contributed by atoms with E-state index in [-0.39, 0.29) is 44.8 Å². The molecule has 2 aromatic carbocycles. The number of aromatic nitrogens is 1. The largest absolute Gasteiger partial charge is 0.351 e. The molecule has 1 aliphatic heterocycles. The van der Waals surface area contributed by atoms with Crippen LogP contribution in [0.15, 0.2) is 48.7 Å². The van der Waals surface area contributed by atoms with Crippen LogP contribution in [0.5, 0.6) is 0 Å². The lowest BCUT2D eigenvalue weighted by Crippen LogP contribution is -2.38. The monoisotopic (exact) mass is 479 g/mol. The van der Waals surface area contributed by atoms with Gasteiger partial charge in [-0.1, -0.05) is 35.3 Å². The highest BCUT2D eigenvalue weighted by atomic mass is 35.5. The van der Waals surface area contributed by atoms with Gasteiger partial charge >= 0.3 is 0 Å². The van der Waals surface area contributed by atoms with E-state index in [1.54, 1.807) is 17.0 Å². The van der Waals surface area contributed by atoms with Crippen molar-refractivity contribution in [3.05, 3.63) is 87.4 Å². The molecular formula is C23H18Cl2F3N3O. The zero-order valence-corrected chi connectivity index (χ0v) is 18.2. The number of pyridine rings is 1. The van der Waals surface area contributed by atoms with Gasteiger partial charge < -0.3 is 10.2 Å². The number of anilines is 2. The first-order valence-electron chi connectivity index (χ1n) is 9.94. The number of piperidine rings is 1. The summed E-state index contributed by atoms with van der Waals surface area (Å²) in [5, 5.41) is 2.66. The van der Waals surface area contributed by atoms with E-state index in [0.29, 0.717) is 25.9 Å². The fourth-order valence-corrected chi connectivity index (χ4v) is 4.14. The Morgan fingerprint density at radius 2 is 1.66 bits per heavy atom. The number of likely N-dealkylation sites (tertiary alicyclic amines) is 1. The SMILES string of the molecule is O=C(c1cnc(Cl)c(Cl)c1Nc1ccc(F)cc1F)N1CCC(c2ccc(F)cc2)CC1. The van der Waals surface area contributed by atoms with Crippen molar-refractivity contribution >= 4 is 40.5 Å². The van der Waals surface area contributed by atoms with E-state index in [1.807, 2.05) is 0 Å². The molecule has 1 N–H and O–H groups in total. The molecule has 0 spiro atoms. The van der Waals surface area contributed by atoms with Crippen LogP contribution >= 0.6 is 23.2 Å². The molecule has 1 aromatic heterocycles. The third-order valence-corrected chi connectivity index (χ3v) is 6.27. The lowest BCUT2D eigenvalue weighted by atomic mass is 9.89. The number of hydrogen-bond donors (Lipinski definition) is 1. The van der Waals surface area contributed by atoms with Gasteiger partial charge in [-0.05, 0) is 48.6 Å². The fraction of sp³-hybridized carbons (Fsp3) is 0.217. The van der Waals surface area contributed by atoms with Crippen molar-refractivity contribution in [1.29, 1.82) is 0 Å². The highest BCUT2D eigenvalue weighted by Crippen LogP contribution is 2.36. The topological polar surface area (TPSA) is 45.2 Å². The second-order valence-electron chi connectivity index (χ2n) is 7.52. The van der Waals surface area contributed by atoms with Gasteiger partial charge in [-0.15, -0.1) is 0 Å². The first kappa shape index (κ1) is 22.4. The Kier molecular flexibility index (Phi) is 6.58. The molecule has 1 amide bonds. The standard InChI is InChI=1S/C23H18Cl2F3N3O/c24-20-21(30-19-6-5-16(27)11-18(19)28)17(12-29-22(20)25)23(32)31-9-7-14(8-10-31)13-1-3-15(26)4-2-13/h1-6,11-12,14H,7-10H2,(H,29,30). The van der Waals surface area contributed by atoms with Crippen LogP contribution in [0.3, 0.4) is 0 Å². The molecule has 0 unspecified atom stereocenters. The van der Waals surface area contributed by atoms with Gasteiger partial charge in [0.1, 0.15) is 27.6 Å². The fourth-order valence-electron chi connectivity index (χ4n) is 3.79. The number of rotatable bonds is 4. The van der Waals surface area contributed by atoms with Crippen molar-refractivity contribution in [2.24, 2.45) is 0 Å². The van der Waals surface area contributed by atoms with Crippen LogP contribution in [0.25, 0.3) is 0 Å². The maximum atomic E-state index is 14.2. The predicted octanol–water partition coefficient (Wildman–Crippen LogP) is 6.57. The zero-order valence-electron chi connectivity index (χ0n) is 16.7. The Labute approximate surface area is 193 Å². The van der Waals surface area contributed by atoms with Crippen LogP contribution in [0, 0.1) is 17.5 Å². The highest BCUT2D eigenvalue weighted by Gasteiger charge is 2.28. The molecule has 0 bridgehead atoms. The molecule has 166 valence electrons. The molecule has 1 fully saturated rings. The van der Waals surface area contributed by atoms with Crippen LogP contribution in [0.4, 0.5) is 24.5 Å². The lowest BCUT2D eigenvalue weighted by molar-refractivity contribution is 0.0713. The number of carbonyl (C=O) groups excluding carboxylic acids is 1. The summed E-state index contributed by atoms with van der Waals surface area (Å²) < 4.78 is 40.6. The van der Waals surface area contributed by atoms with Gasteiger partial charge in [-0.2, -0.15) is 0 Å². The minimum Gasteiger partial charge on any atom is -0.351 e. The number of benzene rings is 2. The minimum absolute atomic E-state index is 0.0394. The molecule has 0 atom stereocenters. The Balaban J connectivity index is 1.55. The first-order chi connectivity index (χ1) is 15.3. The summed E-state index contributed by atoms with van der Waals surface area (Å²) in [7, 11) is 0. The van der Waals surface area contributed by atoms with E-state index in [0.717, 1.165) is 17.7 Å². The second kappa shape index (κ2) is 9.38. The van der Waals surface area contributed by atoms with Gasteiger partial charge in [0.15, 0.2) is 0 Å². The number of nitrogens with zero attached hydrogens (tertiary/aromatic N) is 2. The molecule has 9 heteroatoms. The lowest BCUT2D eigenvalue weighted by Gasteiger charge is -2.32. The molecule has 0 aliphatic carbocycles. The molecule has 0 radical (unpaired) electrons. The summed E-state index contributed by atoms with van der Waals surface area (Å²) in [6.07, 6.45) is 2.70. The van der Waals surface area contributed by atoms with Gasteiger partial charge in [0.2, 0.25) is 0 Å². The molecule has 0 saturated carbocycles.